The van der Waals surface area contributed by atoms with Crippen LogP contribution in [0.25, 0.3) is 0 Å². The number of carbonyl (C=O) groups excluding carboxylic acids is 1. The number of aromatic nitrogens is 2. The van der Waals surface area contributed by atoms with Crippen LogP contribution in [-0.4, -0.2) is 15.9 Å². The summed E-state index contributed by atoms with van der Waals surface area (Å²) < 4.78 is 0. The maximum absolute atomic E-state index is 10.4. The molecule has 0 saturated heterocycles. The lowest BCUT2D eigenvalue weighted by atomic mass is 10.4. The average Bonchev–Trinajstić information content (AvgIpc) is 1.88. The molecule has 1 aromatic heterocycles. The minimum Gasteiger partial charge on any atom is -0.364 e. The number of primary amides is 1. The first-order valence-corrected chi connectivity index (χ1v) is 2.55. The topological polar surface area (TPSA) is 88.8 Å². The molecule has 0 saturated carbocycles. The van der Waals surface area contributed by atoms with Gasteiger partial charge >= 0.3 is 5.69 Å². The molecule has 3 N–H and O–H groups in total. The molecule has 0 fully saturated rings. The third-order valence-corrected chi connectivity index (χ3v) is 0.922. The third kappa shape index (κ3) is 1.19. The predicted molar refractivity (Wildman–Crippen MR) is 33.4 cm³/mol. The number of H-pyrrole nitrogens is 1. The predicted octanol–water partition coefficient (Wildman–Crippen LogP) is -1.13. The van der Waals surface area contributed by atoms with Crippen LogP contribution in [0.2, 0.25) is 0 Å². The second-order valence-corrected chi connectivity index (χ2v) is 1.64. The van der Waals surface area contributed by atoms with E-state index in [1.165, 1.54) is 12.3 Å². The van der Waals surface area contributed by atoms with Crippen LogP contribution in [0, 0.1) is 0 Å². The monoisotopic (exact) mass is 139 g/mol. The number of amides is 1. The SMILES string of the molecule is NC(=O)c1cc[nH]c(=O)n1. The van der Waals surface area contributed by atoms with Crippen LogP contribution in [0.15, 0.2) is 17.1 Å². The van der Waals surface area contributed by atoms with Gasteiger partial charge in [-0.15, -0.1) is 0 Å². The lowest BCUT2D eigenvalue weighted by Gasteiger charge is -1.88. The van der Waals surface area contributed by atoms with Crippen LogP contribution in [0.1, 0.15) is 10.5 Å². The summed E-state index contributed by atoms with van der Waals surface area (Å²) in [6.07, 6.45) is 1.31. The van der Waals surface area contributed by atoms with Crippen molar-refractivity contribution in [3.63, 3.8) is 0 Å². The molecular formula is C5H5N3O2. The zero-order valence-corrected chi connectivity index (χ0v) is 5.00. The Morgan fingerprint density at radius 1 is 1.70 bits per heavy atom. The largest absolute Gasteiger partial charge is 0.364 e. The zero-order chi connectivity index (χ0) is 7.56. The van der Waals surface area contributed by atoms with Crippen LogP contribution in [0.3, 0.4) is 0 Å². The molecule has 0 spiro atoms. The highest BCUT2D eigenvalue weighted by molar-refractivity contribution is 5.90. The molecular weight excluding hydrogens is 134 g/mol. The maximum Gasteiger partial charge on any atom is 0.345 e. The number of hydrogen-bond acceptors (Lipinski definition) is 3. The molecule has 1 rings (SSSR count). The Morgan fingerprint density at radius 2 is 2.40 bits per heavy atom. The van der Waals surface area contributed by atoms with Gasteiger partial charge in [-0.05, 0) is 6.07 Å². The van der Waals surface area contributed by atoms with Gasteiger partial charge in [0.05, 0.1) is 0 Å². The summed E-state index contributed by atoms with van der Waals surface area (Å²) in [5.74, 6) is -0.703. The fraction of sp³-hybridized carbons (Fsp3) is 0. The first-order chi connectivity index (χ1) is 4.70. The Bertz CT molecular complexity index is 304. The molecule has 0 aliphatic rings. The number of nitrogens with zero attached hydrogens (tertiary/aromatic N) is 1. The van der Waals surface area contributed by atoms with E-state index in [9.17, 15) is 9.59 Å². The fourth-order valence-corrected chi connectivity index (χ4v) is 0.508. The minimum atomic E-state index is -0.703. The molecule has 0 aliphatic carbocycles. The number of nitrogens with one attached hydrogen (secondary N) is 1. The van der Waals surface area contributed by atoms with Gasteiger partial charge in [-0.25, -0.2) is 4.79 Å². The van der Waals surface area contributed by atoms with Gasteiger partial charge < -0.3 is 10.7 Å². The average molecular weight is 139 g/mol. The van der Waals surface area contributed by atoms with Gasteiger partial charge in [0.1, 0.15) is 5.69 Å². The molecule has 0 radical (unpaired) electrons. The summed E-state index contributed by atoms with van der Waals surface area (Å²) in [4.78, 5) is 26.3. The molecule has 0 atom stereocenters. The van der Waals surface area contributed by atoms with Gasteiger partial charge in [0.2, 0.25) is 0 Å². The standard InChI is InChI=1S/C5H5N3O2/c6-4(9)3-1-2-7-5(10)8-3/h1-2H,(H2,6,9)(H,7,8,10). The van der Waals surface area contributed by atoms with Crippen molar-refractivity contribution < 1.29 is 4.79 Å². The number of aromatic amines is 1. The van der Waals surface area contributed by atoms with Gasteiger partial charge in [0.15, 0.2) is 0 Å². The Kier molecular flexibility index (Phi) is 1.49. The minimum absolute atomic E-state index is 0.0243. The quantitative estimate of drug-likeness (QED) is 0.515. The van der Waals surface area contributed by atoms with Crippen LogP contribution in [-0.2, 0) is 0 Å². The first-order valence-electron chi connectivity index (χ1n) is 2.55. The molecule has 0 aromatic carbocycles. The maximum atomic E-state index is 10.4. The summed E-state index contributed by atoms with van der Waals surface area (Å²) >= 11 is 0. The first kappa shape index (κ1) is 6.47. The smallest absolute Gasteiger partial charge is 0.345 e. The van der Waals surface area contributed by atoms with Crippen molar-refractivity contribution in [1.29, 1.82) is 0 Å². The van der Waals surface area contributed by atoms with Crippen molar-refractivity contribution in [2.75, 3.05) is 0 Å². The van der Waals surface area contributed by atoms with Crippen molar-refractivity contribution in [2.24, 2.45) is 5.73 Å². The fourth-order valence-electron chi connectivity index (χ4n) is 0.508. The van der Waals surface area contributed by atoms with Crippen molar-refractivity contribution in [3.05, 3.63) is 28.4 Å². The Labute approximate surface area is 55.9 Å². The summed E-state index contributed by atoms with van der Waals surface area (Å²) in [5, 5.41) is 0. The summed E-state index contributed by atoms with van der Waals surface area (Å²) in [6.45, 7) is 0. The van der Waals surface area contributed by atoms with E-state index >= 15 is 0 Å². The second kappa shape index (κ2) is 2.30. The van der Waals surface area contributed by atoms with E-state index in [0.717, 1.165) is 0 Å². The molecule has 5 nitrogen and oxygen atoms in total. The summed E-state index contributed by atoms with van der Waals surface area (Å²) in [7, 11) is 0. The molecule has 52 valence electrons. The van der Waals surface area contributed by atoms with Gasteiger partial charge in [0.25, 0.3) is 5.91 Å². The number of carbonyl (C=O) groups is 1. The molecule has 0 unspecified atom stereocenters. The van der Waals surface area contributed by atoms with Crippen molar-refractivity contribution in [2.45, 2.75) is 0 Å². The van der Waals surface area contributed by atoms with E-state index in [-0.39, 0.29) is 5.69 Å². The summed E-state index contributed by atoms with van der Waals surface area (Å²) in [5.41, 5.74) is 4.23. The third-order valence-electron chi connectivity index (χ3n) is 0.922. The van der Waals surface area contributed by atoms with Crippen LogP contribution in [0.5, 0.6) is 0 Å². The van der Waals surface area contributed by atoms with E-state index in [2.05, 4.69) is 9.97 Å². The normalized spacial score (nSPS) is 9.20. The molecule has 5 heteroatoms. The zero-order valence-electron chi connectivity index (χ0n) is 5.00. The van der Waals surface area contributed by atoms with Gasteiger partial charge in [-0.1, -0.05) is 0 Å². The van der Waals surface area contributed by atoms with Gasteiger partial charge in [-0.3, -0.25) is 4.79 Å². The van der Waals surface area contributed by atoms with E-state index < -0.39 is 11.6 Å². The highest BCUT2D eigenvalue weighted by Gasteiger charge is 1.99. The van der Waals surface area contributed by atoms with E-state index in [1.54, 1.807) is 0 Å². The van der Waals surface area contributed by atoms with Crippen LogP contribution < -0.4 is 11.4 Å². The van der Waals surface area contributed by atoms with E-state index in [4.69, 9.17) is 5.73 Å². The van der Waals surface area contributed by atoms with Crippen molar-refractivity contribution >= 4 is 5.91 Å². The number of rotatable bonds is 1. The highest BCUT2D eigenvalue weighted by Crippen LogP contribution is 1.83. The van der Waals surface area contributed by atoms with Crippen LogP contribution in [0.4, 0.5) is 0 Å². The van der Waals surface area contributed by atoms with Crippen molar-refractivity contribution in [1.82, 2.24) is 9.97 Å². The van der Waals surface area contributed by atoms with E-state index in [1.807, 2.05) is 0 Å². The molecule has 1 amide bonds. The van der Waals surface area contributed by atoms with Gasteiger partial charge in [-0.2, -0.15) is 4.98 Å². The Morgan fingerprint density at radius 3 is 2.80 bits per heavy atom. The second-order valence-electron chi connectivity index (χ2n) is 1.64. The molecule has 0 aliphatic heterocycles. The van der Waals surface area contributed by atoms with E-state index in [0.29, 0.717) is 0 Å². The Hall–Kier alpha value is -1.65. The van der Waals surface area contributed by atoms with Crippen LogP contribution >= 0.6 is 0 Å². The molecule has 1 aromatic rings. The number of nitrogens with two attached hydrogens (primary N) is 1. The molecule has 0 bridgehead atoms. The lowest BCUT2D eigenvalue weighted by molar-refractivity contribution is 0.0995. The number of hydrogen-bond donors (Lipinski definition) is 2. The Balaban J connectivity index is 3.20. The lowest BCUT2D eigenvalue weighted by Crippen LogP contribution is -2.19. The molecule has 1 heterocycles. The molecule has 10 heavy (non-hydrogen) atoms. The van der Waals surface area contributed by atoms with Crippen molar-refractivity contribution in [3.8, 4) is 0 Å². The summed E-state index contributed by atoms with van der Waals surface area (Å²) in [6, 6.07) is 1.34. The van der Waals surface area contributed by atoms with Gasteiger partial charge in [0, 0.05) is 6.20 Å². The highest BCUT2D eigenvalue weighted by atomic mass is 16.2.